The first kappa shape index (κ1) is 43.9. The van der Waals surface area contributed by atoms with Crippen molar-refractivity contribution in [2.24, 2.45) is 5.73 Å². The van der Waals surface area contributed by atoms with Gasteiger partial charge in [-0.2, -0.15) is 0 Å². The molecule has 0 aromatic rings. The molecule has 2 heterocycles. The van der Waals surface area contributed by atoms with Crippen molar-refractivity contribution in [2.75, 3.05) is 0 Å². The van der Waals surface area contributed by atoms with Crippen LogP contribution in [0, 0.1) is 0 Å². The van der Waals surface area contributed by atoms with E-state index < -0.39 is 12.1 Å². The number of unbranched alkanes of at least 4 members (excludes halogenated alkanes) is 2. The van der Waals surface area contributed by atoms with Crippen LogP contribution in [-0.2, 0) is 19.1 Å². The Bertz CT molecular complexity index is 857. The van der Waals surface area contributed by atoms with Crippen molar-refractivity contribution in [1.82, 2.24) is 10.6 Å². The number of epoxide rings is 2. The number of carboxylic acids is 1. The lowest BCUT2D eigenvalue weighted by Crippen LogP contribution is -2.46. The number of carboxylic acid groups (broad SMARTS) is 1. The van der Waals surface area contributed by atoms with Crippen molar-refractivity contribution in [2.45, 2.75) is 236 Å². The molecule has 0 radical (unpaired) electrons. The fourth-order valence-electron chi connectivity index (χ4n) is 7.54. The first-order valence-electron chi connectivity index (χ1n) is 19.9. The zero-order valence-corrected chi connectivity index (χ0v) is 30.3. The number of nitrogens with two attached hydrogens (primary N) is 1. The lowest BCUT2D eigenvalue weighted by Gasteiger charge is -2.30. The van der Waals surface area contributed by atoms with Crippen LogP contribution in [0.1, 0.15) is 175 Å². The molecule has 6 fully saturated rings. The number of carbonyl (C=O) groups is 2. The highest BCUT2D eigenvalue weighted by Crippen LogP contribution is 2.29. The normalized spacial score (nSPS) is 32.7. The third-order valence-corrected chi connectivity index (χ3v) is 10.9. The first-order valence-corrected chi connectivity index (χ1v) is 19.9. The second-order valence-corrected chi connectivity index (χ2v) is 15.1. The molecule has 6 aliphatic rings. The Labute approximate surface area is 298 Å². The van der Waals surface area contributed by atoms with Crippen molar-refractivity contribution >= 4 is 11.9 Å². The number of hydrogen-bond donors (Lipinski definition) is 6. The summed E-state index contributed by atoms with van der Waals surface area (Å²) in [5.74, 6) is -0.849. The summed E-state index contributed by atoms with van der Waals surface area (Å²) in [6.45, 7) is 4.22. The zero-order valence-electron chi connectivity index (χ0n) is 30.3. The predicted molar refractivity (Wildman–Crippen MR) is 196 cm³/mol. The molecule has 288 valence electrons. The molecule has 0 bridgehead atoms. The number of carbonyl (C=O) groups excluding carboxylic acids is 1. The molecule has 10 heteroatoms. The largest absolute Gasteiger partial charge is 0.479 e. The van der Waals surface area contributed by atoms with E-state index in [9.17, 15) is 14.7 Å². The molecule has 10 nitrogen and oxygen atoms in total. The van der Waals surface area contributed by atoms with E-state index in [1.165, 1.54) is 70.6 Å². The summed E-state index contributed by atoms with van der Waals surface area (Å²) in [5, 5.41) is 34.0. The summed E-state index contributed by atoms with van der Waals surface area (Å²) in [7, 11) is 0. The fraction of sp³-hybridized carbons (Fsp3) is 0.949. The van der Waals surface area contributed by atoms with E-state index in [1.807, 2.05) is 0 Å². The van der Waals surface area contributed by atoms with E-state index >= 15 is 0 Å². The van der Waals surface area contributed by atoms with Gasteiger partial charge in [0, 0.05) is 18.1 Å². The minimum atomic E-state index is -0.818. The average Bonchev–Trinajstić information content (AvgIpc) is 4.03. The van der Waals surface area contributed by atoms with Crippen LogP contribution in [0.2, 0.25) is 0 Å². The summed E-state index contributed by atoms with van der Waals surface area (Å²) in [6, 6.07) is 1.74. The van der Waals surface area contributed by atoms with Gasteiger partial charge in [-0.05, 0) is 64.2 Å². The Morgan fingerprint density at radius 3 is 1.53 bits per heavy atom. The molecular weight excluding hydrogens is 622 g/mol. The maximum Gasteiger partial charge on any atom is 0.335 e. The Balaban J connectivity index is 0.000000234. The van der Waals surface area contributed by atoms with Gasteiger partial charge in [0.15, 0.2) is 12.2 Å². The molecule has 2 aliphatic heterocycles. The molecule has 0 aromatic heterocycles. The number of ether oxygens (including phenoxy) is 2. The SMILES string of the molecule is C.C1CCC(NC2CCCCC2)CC1.CCCC[C@H]1O[C@@H]1C(=O)N[C@H]1CCCC[C@@H]1O.CCCC[C@H]1O[C@@H]1C(=O)O.N[C@H]1CCCC[C@@H]1O. The minimum absolute atomic E-state index is 0. The molecule has 0 unspecified atom stereocenters. The number of aliphatic hydroxyl groups excluding tert-OH is 2. The number of nitrogens with one attached hydrogen (secondary N) is 2. The van der Waals surface area contributed by atoms with E-state index in [1.54, 1.807) is 0 Å². The third-order valence-electron chi connectivity index (χ3n) is 10.9. The fourth-order valence-corrected chi connectivity index (χ4v) is 7.54. The van der Waals surface area contributed by atoms with E-state index in [-0.39, 0.29) is 55.9 Å². The minimum Gasteiger partial charge on any atom is -0.479 e. The Morgan fingerprint density at radius 1 is 0.653 bits per heavy atom. The number of hydrogen-bond acceptors (Lipinski definition) is 8. The maximum atomic E-state index is 11.8. The molecule has 49 heavy (non-hydrogen) atoms. The molecule has 4 saturated carbocycles. The lowest BCUT2D eigenvalue weighted by molar-refractivity contribution is -0.138. The summed E-state index contributed by atoms with van der Waals surface area (Å²) in [4.78, 5) is 22.1. The molecular formula is C39H75N3O7. The van der Waals surface area contributed by atoms with Gasteiger partial charge < -0.3 is 41.2 Å². The van der Waals surface area contributed by atoms with Gasteiger partial charge in [0.05, 0.1) is 30.5 Å². The highest BCUT2D eigenvalue weighted by atomic mass is 16.6. The highest BCUT2D eigenvalue weighted by Gasteiger charge is 2.45. The van der Waals surface area contributed by atoms with Crippen molar-refractivity contribution < 1.29 is 34.4 Å². The quantitative estimate of drug-likeness (QED) is 0.132. The summed E-state index contributed by atoms with van der Waals surface area (Å²) in [6.07, 6.45) is 27.7. The Morgan fingerprint density at radius 2 is 1.10 bits per heavy atom. The van der Waals surface area contributed by atoms with Crippen molar-refractivity contribution in [3.8, 4) is 0 Å². The lowest BCUT2D eigenvalue weighted by atomic mass is 9.91. The van der Waals surface area contributed by atoms with Gasteiger partial charge >= 0.3 is 5.97 Å². The number of aliphatic hydroxyl groups is 2. The van der Waals surface area contributed by atoms with Gasteiger partial charge in [0.25, 0.3) is 5.91 Å². The van der Waals surface area contributed by atoms with Gasteiger partial charge in [-0.3, -0.25) is 4.79 Å². The van der Waals surface area contributed by atoms with Gasteiger partial charge in [-0.25, -0.2) is 4.79 Å². The van der Waals surface area contributed by atoms with Crippen LogP contribution in [0.25, 0.3) is 0 Å². The van der Waals surface area contributed by atoms with Crippen molar-refractivity contribution in [3.05, 3.63) is 0 Å². The van der Waals surface area contributed by atoms with Crippen LogP contribution in [0.3, 0.4) is 0 Å². The van der Waals surface area contributed by atoms with Crippen LogP contribution >= 0.6 is 0 Å². The van der Waals surface area contributed by atoms with Crippen molar-refractivity contribution in [3.63, 3.8) is 0 Å². The number of amides is 1. The Hall–Kier alpha value is -1.30. The molecule has 0 spiro atoms. The van der Waals surface area contributed by atoms with E-state index in [0.29, 0.717) is 0 Å². The molecule has 8 atom stereocenters. The van der Waals surface area contributed by atoms with Gasteiger partial charge in [0.1, 0.15) is 0 Å². The summed E-state index contributed by atoms with van der Waals surface area (Å²) >= 11 is 0. The second-order valence-electron chi connectivity index (χ2n) is 15.1. The van der Waals surface area contributed by atoms with Crippen LogP contribution in [0.15, 0.2) is 0 Å². The smallest absolute Gasteiger partial charge is 0.335 e. The number of aliphatic carboxylic acids is 1. The number of rotatable bonds is 11. The summed E-state index contributed by atoms with van der Waals surface area (Å²) < 4.78 is 10.2. The van der Waals surface area contributed by atoms with Crippen LogP contribution in [0.4, 0.5) is 0 Å². The molecule has 4 aliphatic carbocycles. The van der Waals surface area contributed by atoms with Gasteiger partial charge in [0.2, 0.25) is 0 Å². The molecule has 7 N–H and O–H groups in total. The van der Waals surface area contributed by atoms with E-state index in [4.69, 9.17) is 25.4 Å². The van der Waals surface area contributed by atoms with Crippen LogP contribution in [-0.4, -0.2) is 88.0 Å². The predicted octanol–water partition coefficient (Wildman–Crippen LogP) is 6.52. The van der Waals surface area contributed by atoms with Crippen LogP contribution < -0.4 is 16.4 Å². The topological polar surface area (TPSA) is 170 Å². The molecule has 2 saturated heterocycles. The van der Waals surface area contributed by atoms with E-state index in [2.05, 4.69) is 24.5 Å². The van der Waals surface area contributed by atoms with Gasteiger partial charge in [-0.15, -0.1) is 0 Å². The van der Waals surface area contributed by atoms with Gasteiger partial charge in [-0.1, -0.05) is 111 Å². The highest BCUT2D eigenvalue weighted by molar-refractivity contribution is 5.84. The monoisotopic (exact) mass is 698 g/mol. The second kappa shape index (κ2) is 24.8. The standard InChI is InChI=1S/C13H23NO3.C12H23N.C7H12O3.C6H13NO.CH4/c1-2-3-8-11-12(17-11)13(16)14-9-6-4-5-7-10(9)15;1-3-7-11(8-4-1)13-12-9-5-2-6-10-12;1-2-3-4-5-6(10-5)7(8)9;7-5-3-1-2-4-6(5)8;/h9-12,15H,2-8H2,1H3,(H,14,16);11-13H,1-10H2;5-6H,2-4H2,1H3,(H,8,9);5-6,8H,1-4,7H2;1H4/t9-,10-,11+,12-;;5-,6+;5-,6-;/m0.10./s1. The van der Waals surface area contributed by atoms with Crippen molar-refractivity contribution in [1.29, 1.82) is 0 Å². The summed E-state index contributed by atoms with van der Waals surface area (Å²) in [5.41, 5.74) is 5.53. The van der Waals surface area contributed by atoms with E-state index in [0.717, 1.165) is 95.6 Å². The Kier molecular flexibility index (Phi) is 22.2. The molecule has 1 amide bonds. The first-order chi connectivity index (χ1) is 23.2. The average molecular weight is 698 g/mol. The maximum absolute atomic E-state index is 11.8. The molecule has 0 aromatic carbocycles. The zero-order chi connectivity index (χ0) is 34.7. The third kappa shape index (κ3) is 17.7. The molecule has 6 rings (SSSR count). The van der Waals surface area contributed by atoms with Crippen LogP contribution in [0.5, 0.6) is 0 Å².